The fraction of sp³-hybridized carbons (Fsp3) is 0.667. The molecule has 3 atom stereocenters. The number of rotatable bonds is 5. The lowest BCUT2D eigenvalue weighted by molar-refractivity contribution is -0.0461. The molecule has 1 aromatic rings. The standard InChI is InChI=1S/C12H18N2O6/c1-2-3-19-8-5-14(12(18)13-11(8)17)10-4-7(16)9(6-15)20-10/h5,7,9-10,15-16H,2-4,6H2,1H3,(H,13,17,18)/t7-,9+,10+/m0/s1. The van der Waals surface area contributed by atoms with Gasteiger partial charge in [0.15, 0.2) is 0 Å². The fourth-order valence-electron chi connectivity index (χ4n) is 2.05. The first-order valence-electron chi connectivity index (χ1n) is 6.49. The minimum atomic E-state index is -0.858. The summed E-state index contributed by atoms with van der Waals surface area (Å²) in [5, 5.41) is 18.7. The summed E-state index contributed by atoms with van der Waals surface area (Å²) in [6.07, 6.45) is -0.180. The smallest absolute Gasteiger partial charge is 0.330 e. The van der Waals surface area contributed by atoms with Crippen LogP contribution in [0, 0.1) is 0 Å². The second-order valence-electron chi connectivity index (χ2n) is 4.62. The first kappa shape index (κ1) is 14.8. The van der Waals surface area contributed by atoms with Crippen molar-refractivity contribution < 1.29 is 19.7 Å². The lowest BCUT2D eigenvalue weighted by atomic mass is 10.2. The van der Waals surface area contributed by atoms with E-state index in [9.17, 15) is 14.7 Å². The first-order chi connectivity index (χ1) is 9.56. The van der Waals surface area contributed by atoms with Crippen molar-refractivity contribution in [2.24, 2.45) is 0 Å². The van der Waals surface area contributed by atoms with Gasteiger partial charge in [-0.1, -0.05) is 6.92 Å². The molecule has 2 rings (SSSR count). The van der Waals surface area contributed by atoms with Gasteiger partial charge in [-0.3, -0.25) is 14.3 Å². The number of hydrogen-bond acceptors (Lipinski definition) is 6. The molecule has 0 amide bonds. The second-order valence-corrected chi connectivity index (χ2v) is 4.62. The molecule has 0 unspecified atom stereocenters. The number of ether oxygens (including phenoxy) is 2. The zero-order chi connectivity index (χ0) is 14.7. The Hall–Kier alpha value is -1.64. The third kappa shape index (κ3) is 2.92. The van der Waals surface area contributed by atoms with Crippen LogP contribution < -0.4 is 16.0 Å². The Balaban J connectivity index is 2.28. The summed E-state index contributed by atoms with van der Waals surface area (Å²) in [4.78, 5) is 25.5. The summed E-state index contributed by atoms with van der Waals surface area (Å²) in [5.74, 6) is 0.0250. The van der Waals surface area contributed by atoms with Gasteiger partial charge < -0.3 is 19.7 Å². The van der Waals surface area contributed by atoms with Crippen LogP contribution in [0.2, 0.25) is 0 Å². The van der Waals surface area contributed by atoms with Crippen molar-refractivity contribution in [3.63, 3.8) is 0 Å². The Morgan fingerprint density at radius 1 is 1.55 bits per heavy atom. The molecule has 0 aliphatic carbocycles. The van der Waals surface area contributed by atoms with E-state index in [1.807, 2.05) is 6.92 Å². The van der Waals surface area contributed by atoms with Gasteiger partial charge in [-0.25, -0.2) is 4.79 Å². The van der Waals surface area contributed by atoms with E-state index in [-0.39, 0.29) is 18.8 Å². The SMILES string of the molecule is CCCOc1cn([C@H]2C[C@H](O)[C@@H](CO)O2)c(=O)[nH]c1=O. The average molecular weight is 286 g/mol. The van der Waals surface area contributed by atoms with E-state index in [2.05, 4.69) is 4.98 Å². The molecule has 0 saturated carbocycles. The van der Waals surface area contributed by atoms with Crippen molar-refractivity contribution in [3.8, 4) is 5.75 Å². The minimum Gasteiger partial charge on any atom is -0.487 e. The second kappa shape index (κ2) is 6.21. The Morgan fingerprint density at radius 2 is 2.30 bits per heavy atom. The first-order valence-corrected chi connectivity index (χ1v) is 6.49. The maximum absolute atomic E-state index is 11.8. The van der Waals surface area contributed by atoms with E-state index < -0.39 is 29.7 Å². The third-order valence-electron chi connectivity index (χ3n) is 3.09. The Kier molecular flexibility index (Phi) is 4.58. The minimum absolute atomic E-state index is 0.0250. The Labute approximate surface area is 114 Å². The lowest BCUT2D eigenvalue weighted by Gasteiger charge is -2.15. The lowest BCUT2D eigenvalue weighted by Crippen LogP contribution is -2.33. The van der Waals surface area contributed by atoms with E-state index in [4.69, 9.17) is 14.6 Å². The van der Waals surface area contributed by atoms with Crippen molar-refractivity contribution in [2.45, 2.75) is 38.2 Å². The number of nitrogens with zero attached hydrogens (tertiary/aromatic N) is 1. The van der Waals surface area contributed by atoms with Gasteiger partial charge in [-0.2, -0.15) is 0 Å². The van der Waals surface area contributed by atoms with Crippen LogP contribution in [0.1, 0.15) is 26.0 Å². The highest BCUT2D eigenvalue weighted by molar-refractivity contribution is 5.12. The molecule has 3 N–H and O–H groups in total. The zero-order valence-electron chi connectivity index (χ0n) is 11.1. The van der Waals surface area contributed by atoms with Crippen LogP contribution in [-0.4, -0.2) is 45.2 Å². The number of H-pyrrole nitrogens is 1. The highest BCUT2D eigenvalue weighted by Crippen LogP contribution is 2.27. The van der Waals surface area contributed by atoms with Crippen LogP contribution in [0.15, 0.2) is 15.8 Å². The molecule has 112 valence electrons. The molecule has 0 radical (unpaired) electrons. The average Bonchev–Trinajstić information content (AvgIpc) is 2.79. The zero-order valence-corrected chi connectivity index (χ0v) is 11.1. The molecule has 0 aromatic carbocycles. The van der Waals surface area contributed by atoms with E-state index >= 15 is 0 Å². The number of aromatic amines is 1. The number of aromatic nitrogens is 2. The van der Waals surface area contributed by atoms with Crippen LogP contribution in [0.5, 0.6) is 5.75 Å². The molecular weight excluding hydrogens is 268 g/mol. The Morgan fingerprint density at radius 3 is 2.90 bits per heavy atom. The molecule has 0 bridgehead atoms. The monoisotopic (exact) mass is 286 g/mol. The molecule has 1 aliphatic rings. The van der Waals surface area contributed by atoms with E-state index in [0.29, 0.717) is 6.61 Å². The largest absolute Gasteiger partial charge is 0.487 e. The van der Waals surface area contributed by atoms with Crippen LogP contribution in [0.25, 0.3) is 0 Å². The summed E-state index contributed by atoms with van der Waals surface area (Å²) in [5.41, 5.74) is -1.24. The number of aliphatic hydroxyl groups is 2. The van der Waals surface area contributed by atoms with Crippen LogP contribution >= 0.6 is 0 Å². The quantitative estimate of drug-likeness (QED) is 0.637. The molecule has 1 aliphatic heterocycles. The predicted octanol–water partition coefficient (Wildman–Crippen LogP) is -1.03. The summed E-state index contributed by atoms with van der Waals surface area (Å²) in [6.45, 7) is 1.91. The van der Waals surface area contributed by atoms with Gasteiger partial charge in [0.2, 0.25) is 5.75 Å². The highest BCUT2D eigenvalue weighted by Gasteiger charge is 2.35. The number of nitrogens with one attached hydrogen (secondary N) is 1. The van der Waals surface area contributed by atoms with Crippen molar-refractivity contribution in [2.75, 3.05) is 13.2 Å². The van der Waals surface area contributed by atoms with E-state index in [1.165, 1.54) is 6.20 Å². The van der Waals surface area contributed by atoms with Crippen molar-refractivity contribution in [1.82, 2.24) is 9.55 Å². The molecule has 20 heavy (non-hydrogen) atoms. The van der Waals surface area contributed by atoms with E-state index in [1.54, 1.807) is 0 Å². The predicted molar refractivity (Wildman–Crippen MR) is 68.7 cm³/mol. The van der Waals surface area contributed by atoms with E-state index in [0.717, 1.165) is 11.0 Å². The topological polar surface area (TPSA) is 114 Å². The van der Waals surface area contributed by atoms with Gasteiger partial charge in [0.25, 0.3) is 5.56 Å². The van der Waals surface area contributed by atoms with Gasteiger partial charge in [-0.15, -0.1) is 0 Å². The van der Waals surface area contributed by atoms with Crippen molar-refractivity contribution in [3.05, 3.63) is 27.0 Å². The summed E-state index contributed by atoms with van der Waals surface area (Å²) in [7, 11) is 0. The van der Waals surface area contributed by atoms with Gasteiger partial charge in [0.05, 0.1) is 25.5 Å². The molecule has 8 nitrogen and oxygen atoms in total. The molecule has 8 heteroatoms. The van der Waals surface area contributed by atoms with Gasteiger partial charge >= 0.3 is 5.69 Å². The number of hydrogen-bond donors (Lipinski definition) is 3. The molecular formula is C12H18N2O6. The fourth-order valence-corrected chi connectivity index (χ4v) is 2.05. The summed E-state index contributed by atoms with van der Waals surface area (Å²) < 4.78 is 11.8. The van der Waals surface area contributed by atoms with Crippen LogP contribution in [0.3, 0.4) is 0 Å². The third-order valence-corrected chi connectivity index (χ3v) is 3.09. The molecule has 1 aromatic heterocycles. The summed E-state index contributed by atoms with van der Waals surface area (Å²) >= 11 is 0. The number of aliphatic hydroxyl groups excluding tert-OH is 2. The molecule has 2 heterocycles. The molecule has 1 saturated heterocycles. The van der Waals surface area contributed by atoms with Crippen molar-refractivity contribution >= 4 is 0 Å². The van der Waals surface area contributed by atoms with Gasteiger partial charge in [0, 0.05) is 6.42 Å². The summed E-state index contributed by atoms with van der Waals surface area (Å²) in [6, 6.07) is 0. The molecule has 0 spiro atoms. The maximum atomic E-state index is 11.8. The van der Waals surface area contributed by atoms with Crippen LogP contribution in [0.4, 0.5) is 0 Å². The highest BCUT2D eigenvalue weighted by atomic mass is 16.5. The maximum Gasteiger partial charge on any atom is 0.330 e. The van der Waals surface area contributed by atoms with Gasteiger partial charge in [-0.05, 0) is 6.42 Å². The van der Waals surface area contributed by atoms with Crippen LogP contribution in [-0.2, 0) is 4.74 Å². The normalized spacial score (nSPS) is 25.9. The Bertz CT molecular complexity index is 566. The molecule has 1 fully saturated rings. The van der Waals surface area contributed by atoms with Gasteiger partial charge in [0.1, 0.15) is 12.3 Å². The van der Waals surface area contributed by atoms with Crippen molar-refractivity contribution in [1.29, 1.82) is 0 Å².